The first-order valence-electron chi connectivity index (χ1n) is 9.48. The molecule has 0 aliphatic carbocycles. The van der Waals surface area contributed by atoms with Gasteiger partial charge in [-0.05, 0) is 43.5 Å². The van der Waals surface area contributed by atoms with Gasteiger partial charge < -0.3 is 5.32 Å². The third kappa shape index (κ3) is 5.62. The Bertz CT molecular complexity index is 943. The van der Waals surface area contributed by atoms with E-state index in [9.17, 15) is 18.0 Å². The summed E-state index contributed by atoms with van der Waals surface area (Å²) in [6.45, 7) is 2.50. The van der Waals surface area contributed by atoms with E-state index in [2.05, 4.69) is 15.6 Å². The number of nitrogens with one attached hydrogen (secondary N) is 2. The zero-order valence-electron chi connectivity index (χ0n) is 16.1. The molecule has 0 bridgehead atoms. The number of hydrogen-bond acceptors (Lipinski definition) is 6. The van der Waals surface area contributed by atoms with Crippen LogP contribution in [0.3, 0.4) is 0 Å². The molecule has 156 valence electrons. The molecule has 0 radical (unpaired) electrons. The Morgan fingerprint density at radius 1 is 1.24 bits per heavy atom. The van der Waals surface area contributed by atoms with Gasteiger partial charge in [0.2, 0.25) is 15.9 Å². The molecule has 10 heteroatoms. The third-order valence-corrected chi connectivity index (χ3v) is 7.41. The van der Waals surface area contributed by atoms with E-state index >= 15 is 0 Å². The van der Waals surface area contributed by atoms with Crippen LogP contribution in [0.15, 0.2) is 35.8 Å². The Hall–Kier alpha value is -2.30. The Labute approximate surface area is 174 Å². The molecule has 1 aromatic carbocycles. The lowest BCUT2D eigenvalue weighted by atomic mass is 9.98. The van der Waals surface area contributed by atoms with Gasteiger partial charge in [-0.15, -0.1) is 11.3 Å². The van der Waals surface area contributed by atoms with Crippen molar-refractivity contribution >= 4 is 44.0 Å². The van der Waals surface area contributed by atoms with Gasteiger partial charge >= 0.3 is 0 Å². The summed E-state index contributed by atoms with van der Waals surface area (Å²) in [5, 5.41) is 7.82. The van der Waals surface area contributed by atoms with E-state index in [0.29, 0.717) is 42.2 Å². The summed E-state index contributed by atoms with van der Waals surface area (Å²) < 4.78 is 26.0. The highest BCUT2D eigenvalue weighted by Crippen LogP contribution is 2.22. The highest BCUT2D eigenvalue weighted by Gasteiger charge is 2.31. The summed E-state index contributed by atoms with van der Waals surface area (Å²) in [5.74, 6) is -0.766. The van der Waals surface area contributed by atoms with Crippen LogP contribution in [0, 0.1) is 5.92 Å². The standard InChI is InChI=1S/C19H24N4O4S2/c1-2-12-29(26,27)23-10-3-4-15(13-23)18(25)21-16-7-5-14(6-8-16)17(24)22-19-20-9-11-28-19/h5-9,11,15H,2-4,10,12-13H2,1H3,(H,21,25)(H,20,22,24). The van der Waals surface area contributed by atoms with Gasteiger partial charge in [-0.1, -0.05) is 6.92 Å². The van der Waals surface area contributed by atoms with Crippen molar-refractivity contribution in [1.29, 1.82) is 0 Å². The van der Waals surface area contributed by atoms with E-state index in [1.165, 1.54) is 15.6 Å². The Balaban J connectivity index is 1.58. The van der Waals surface area contributed by atoms with Crippen molar-refractivity contribution in [2.75, 3.05) is 29.5 Å². The number of thiazole rings is 1. The topological polar surface area (TPSA) is 108 Å². The summed E-state index contributed by atoms with van der Waals surface area (Å²) in [6, 6.07) is 6.56. The molecule has 0 saturated carbocycles. The van der Waals surface area contributed by atoms with Crippen LogP contribution in [0.1, 0.15) is 36.5 Å². The van der Waals surface area contributed by atoms with E-state index in [1.807, 2.05) is 6.92 Å². The van der Waals surface area contributed by atoms with Crippen LogP contribution in [0.2, 0.25) is 0 Å². The van der Waals surface area contributed by atoms with Gasteiger partial charge in [0.25, 0.3) is 5.91 Å². The SMILES string of the molecule is CCCS(=O)(=O)N1CCCC(C(=O)Nc2ccc(C(=O)Nc3nccs3)cc2)C1. The lowest BCUT2D eigenvalue weighted by Crippen LogP contribution is -2.44. The largest absolute Gasteiger partial charge is 0.326 e. The Morgan fingerprint density at radius 2 is 2.00 bits per heavy atom. The minimum absolute atomic E-state index is 0.103. The van der Waals surface area contributed by atoms with Crippen LogP contribution < -0.4 is 10.6 Å². The average Bonchev–Trinajstić information content (AvgIpc) is 3.21. The predicted octanol–water partition coefficient (Wildman–Crippen LogP) is 2.79. The molecule has 1 aromatic heterocycles. The molecule has 2 aromatic rings. The van der Waals surface area contributed by atoms with Crippen LogP contribution in [-0.4, -0.2) is 48.4 Å². The van der Waals surface area contributed by atoms with Gasteiger partial charge in [0.15, 0.2) is 5.13 Å². The van der Waals surface area contributed by atoms with Crippen LogP contribution in [0.5, 0.6) is 0 Å². The van der Waals surface area contributed by atoms with Gasteiger partial charge in [0.05, 0.1) is 11.7 Å². The normalized spacial score (nSPS) is 17.6. The van der Waals surface area contributed by atoms with Crippen molar-refractivity contribution in [3.05, 3.63) is 41.4 Å². The number of rotatable bonds is 7. The number of anilines is 2. The highest BCUT2D eigenvalue weighted by molar-refractivity contribution is 7.89. The average molecular weight is 437 g/mol. The quantitative estimate of drug-likeness (QED) is 0.694. The fourth-order valence-electron chi connectivity index (χ4n) is 3.20. The summed E-state index contributed by atoms with van der Waals surface area (Å²) in [4.78, 5) is 28.8. The molecule has 1 aliphatic rings. The van der Waals surface area contributed by atoms with Crippen LogP contribution >= 0.6 is 11.3 Å². The van der Waals surface area contributed by atoms with E-state index < -0.39 is 10.0 Å². The van der Waals surface area contributed by atoms with Gasteiger partial charge in [-0.3, -0.25) is 14.9 Å². The summed E-state index contributed by atoms with van der Waals surface area (Å²) in [5.41, 5.74) is 1.02. The lowest BCUT2D eigenvalue weighted by molar-refractivity contribution is -0.120. The molecular formula is C19H24N4O4S2. The first-order valence-corrected chi connectivity index (χ1v) is 12.0. The number of carbonyl (C=O) groups excluding carboxylic acids is 2. The van der Waals surface area contributed by atoms with Crippen molar-refractivity contribution in [3.8, 4) is 0 Å². The molecule has 1 atom stereocenters. The van der Waals surface area contributed by atoms with Gasteiger partial charge in [-0.25, -0.2) is 17.7 Å². The zero-order chi connectivity index (χ0) is 20.9. The van der Waals surface area contributed by atoms with Crippen LogP contribution in [0.25, 0.3) is 0 Å². The molecular weight excluding hydrogens is 412 g/mol. The van der Waals surface area contributed by atoms with E-state index in [4.69, 9.17) is 0 Å². The Morgan fingerprint density at radius 3 is 2.66 bits per heavy atom. The van der Waals surface area contributed by atoms with E-state index in [0.717, 1.165) is 0 Å². The second-order valence-corrected chi connectivity index (χ2v) is 9.85. The maximum Gasteiger partial charge on any atom is 0.257 e. The second-order valence-electron chi connectivity index (χ2n) is 6.87. The number of piperidine rings is 1. The number of nitrogens with zero attached hydrogens (tertiary/aromatic N) is 2. The van der Waals surface area contributed by atoms with Crippen molar-refractivity contribution in [2.45, 2.75) is 26.2 Å². The van der Waals surface area contributed by atoms with Crippen LogP contribution in [-0.2, 0) is 14.8 Å². The number of sulfonamides is 1. The minimum atomic E-state index is -3.30. The highest BCUT2D eigenvalue weighted by atomic mass is 32.2. The fraction of sp³-hybridized carbons (Fsp3) is 0.421. The molecule has 1 saturated heterocycles. The molecule has 8 nitrogen and oxygen atoms in total. The molecule has 1 fully saturated rings. The van der Waals surface area contributed by atoms with Gasteiger partial charge in [0.1, 0.15) is 0 Å². The van der Waals surface area contributed by atoms with Crippen molar-refractivity contribution in [3.63, 3.8) is 0 Å². The number of aromatic nitrogens is 1. The molecule has 3 rings (SSSR count). The fourth-order valence-corrected chi connectivity index (χ4v) is 5.31. The zero-order valence-corrected chi connectivity index (χ0v) is 17.8. The number of hydrogen-bond donors (Lipinski definition) is 2. The molecule has 1 unspecified atom stereocenters. The van der Waals surface area contributed by atoms with Gasteiger partial charge in [0, 0.05) is 35.9 Å². The monoisotopic (exact) mass is 436 g/mol. The van der Waals surface area contributed by atoms with E-state index in [1.54, 1.807) is 35.8 Å². The van der Waals surface area contributed by atoms with Gasteiger partial charge in [-0.2, -0.15) is 0 Å². The Kier molecular flexibility index (Phi) is 6.99. The molecule has 2 N–H and O–H groups in total. The van der Waals surface area contributed by atoms with Crippen molar-refractivity contribution in [1.82, 2.24) is 9.29 Å². The first kappa shape index (κ1) is 21.4. The minimum Gasteiger partial charge on any atom is -0.326 e. The number of benzene rings is 1. The third-order valence-electron chi connectivity index (χ3n) is 4.68. The smallest absolute Gasteiger partial charge is 0.257 e. The maximum absolute atomic E-state index is 12.6. The first-order chi connectivity index (χ1) is 13.9. The predicted molar refractivity (Wildman–Crippen MR) is 114 cm³/mol. The molecule has 2 amide bonds. The number of carbonyl (C=O) groups is 2. The van der Waals surface area contributed by atoms with Crippen molar-refractivity contribution in [2.24, 2.45) is 5.92 Å². The molecule has 1 aliphatic heterocycles. The summed E-state index contributed by atoms with van der Waals surface area (Å²) in [7, 11) is -3.30. The number of amides is 2. The van der Waals surface area contributed by atoms with E-state index in [-0.39, 0.29) is 30.0 Å². The van der Waals surface area contributed by atoms with Crippen molar-refractivity contribution < 1.29 is 18.0 Å². The molecule has 29 heavy (non-hydrogen) atoms. The molecule has 2 heterocycles. The summed E-state index contributed by atoms with van der Waals surface area (Å²) >= 11 is 1.33. The summed E-state index contributed by atoms with van der Waals surface area (Å²) in [6.07, 6.45) is 3.48. The second kappa shape index (κ2) is 9.47. The van der Waals surface area contributed by atoms with Crippen LogP contribution in [0.4, 0.5) is 10.8 Å². The molecule has 0 spiro atoms. The lowest BCUT2D eigenvalue weighted by Gasteiger charge is -2.31. The maximum atomic E-state index is 12.6.